The van der Waals surface area contributed by atoms with Crippen molar-refractivity contribution in [2.45, 2.75) is 56.5 Å². The van der Waals surface area contributed by atoms with Gasteiger partial charge in [-0.25, -0.2) is 9.18 Å². The number of anilines is 1. The molecular weight excluding hydrogens is 603 g/mol. The maximum atomic E-state index is 14.1. The number of nitrogens with zero attached hydrogens (tertiary/aromatic N) is 2. The normalized spacial score (nSPS) is 21.9. The molecule has 2 amide bonds. The molecule has 2 aromatic carbocycles. The minimum absolute atomic E-state index is 0.0148. The molecule has 10 nitrogen and oxygen atoms in total. The van der Waals surface area contributed by atoms with Crippen LogP contribution in [0, 0.1) is 11.8 Å². The van der Waals surface area contributed by atoms with E-state index in [0.717, 1.165) is 16.5 Å². The summed E-state index contributed by atoms with van der Waals surface area (Å²) in [5.41, 5.74) is 8.77. The Morgan fingerprint density at radius 3 is 2.47 bits per heavy atom. The number of benzene rings is 2. The number of aromatic nitrogens is 1. The lowest BCUT2D eigenvalue weighted by Gasteiger charge is -2.35. The Balaban J connectivity index is 1.28. The SMILES string of the molecule is COCCOCCCOC(=O)c1cc2cc(NC(=O)[C@@H]3[C@@H](c4ccccc4)CCN3C(=O)C3CCC([C@H](N)CF)CC3)ccc2n1C. The van der Waals surface area contributed by atoms with Crippen LogP contribution < -0.4 is 11.1 Å². The zero-order valence-electron chi connectivity index (χ0n) is 27.4. The highest BCUT2D eigenvalue weighted by Gasteiger charge is 2.44. The number of hydrogen-bond donors (Lipinski definition) is 2. The molecule has 1 saturated heterocycles. The number of halogens is 1. The van der Waals surface area contributed by atoms with Crippen LogP contribution in [0.2, 0.25) is 0 Å². The third-order valence-corrected chi connectivity index (χ3v) is 9.70. The average molecular weight is 651 g/mol. The summed E-state index contributed by atoms with van der Waals surface area (Å²) in [4.78, 5) is 42.6. The number of alkyl halides is 1. The Kier molecular flexibility index (Phi) is 12.0. The quantitative estimate of drug-likeness (QED) is 0.190. The van der Waals surface area contributed by atoms with Crippen LogP contribution >= 0.6 is 0 Å². The topological polar surface area (TPSA) is 125 Å². The summed E-state index contributed by atoms with van der Waals surface area (Å²) in [7, 11) is 3.41. The van der Waals surface area contributed by atoms with Gasteiger partial charge in [0.05, 0.1) is 19.8 Å². The number of fused-ring (bicyclic) bond motifs is 1. The van der Waals surface area contributed by atoms with Crippen LogP contribution in [0.15, 0.2) is 54.6 Å². The number of esters is 1. The summed E-state index contributed by atoms with van der Waals surface area (Å²) < 4.78 is 30.8. The molecule has 1 saturated carbocycles. The number of likely N-dealkylation sites (tertiary alicyclic amines) is 1. The number of carbonyl (C=O) groups excluding carboxylic acids is 3. The van der Waals surface area contributed by atoms with Crippen LogP contribution in [0.25, 0.3) is 10.9 Å². The first-order valence-corrected chi connectivity index (χ1v) is 16.6. The van der Waals surface area contributed by atoms with E-state index in [0.29, 0.717) is 76.3 Å². The van der Waals surface area contributed by atoms with Crippen LogP contribution in [0.5, 0.6) is 0 Å². The summed E-state index contributed by atoms with van der Waals surface area (Å²) in [6.45, 7) is 1.66. The van der Waals surface area contributed by atoms with E-state index < -0.39 is 24.7 Å². The van der Waals surface area contributed by atoms with Gasteiger partial charge in [-0.05, 0) is 67.9 Å². The van der Waals surface area contributed by atoms with E-state index >= 15 is 0 Å². The molecule has 3 N–H and O–H groups in total. The van der Waals surface area contributed by atoms with Crippen molar-refractivity contribution < 1.29 is 33.0 Å². The highest BCUT2D eigenvalue weighted by atomic mass is 19.1. The lowest BCUT2D eigenvalue weighted by atomic mass is 9.78. The van der Waals surface area contributed by atoms with Crippen molar-refractivity contribution in [1.82, 2.24) is 9.47 Å². The number of amides is 2. The second-order valence-electron chi connectivity index (χ2n) is 12.7. The first-order chi connectivity index (χ1) is 22.8. The zero-order chi connectivity index (χ0) is 33.3. The van der Waals surface area contributed by atoms with Crippen LogP contribution in [0.1, 0.15) is 60.5 Å². The van der Waals surface area contributed by atoms with Crippen LogP contribution in [-0.2, 0) is 30.8 Å². The van der Waals surface area contributed by atoms with Crippen molar-refractivity contribution in [2.75, 3.05) is 52.1 Å². The Labute approximate surface area is 275 Å². The number of nitrogens with one attached hydrogen (secondary N) is 1. The first-order valence-electron chi connectivity index (χ1n) is 16.6. The van der Waals surface area contributed by atoms with Crippen molar-refractivity contribution in [3.8, 4) is 0 Å². The summed E-state index contributed by atoms with van der Waals surface area (Å²) in [6, 6.07) is 16.0. The number of ether oxygens (including phenoxy) is 3. The fraction of sp³-hybridized carbons (Fsp3) is 0.528. The van der Waals surface area contributed by atoms with Crippen molar-refractivity contribution in [3.05, 3.63) is 65.9 Å². The second kappa shape index (κ2) is 16.3. The van der Waals surface area contributed by atoms with Crippen molar-refractivity contribution >= 4 is 34.4 Å². The van der Waals surface area contributed by atoms with Gasteiger partial charge in [0, 0.05) is 68.2 Å². The number of methoxy groups -OCH3 is 1. The fourth-order valence-corrected chi connectivity index (χ4v) is 7.05. The molecule has 3 atom stereocenters. The van der Waals surface area contributed by atoms with Crippen molar-refractivity contribution in [1.29, 1.82) is 0 Å². The van der Waals surface area contributed by atoms with Gasteiger partial charge >= 0.3 is 5.97 Å². The molecule has 3 aromatic rings. The first kappa shape index (κ1) is 34.5. The Bertz CT molecular complexity index is 1510. The third-order valence-electron chi connectivity index (χ3n) is 9.70. The van der Waals surface area contributed by atoms with Gasteiger partial charge in [-0.15, -0.1) is 0 Å². The van der Waals surface area contributed by atoms with Gasteiger partial charge in [-0.3, -0.25) is 9.59 Å². The number of hydrogen-bond acceptors (Lipinski definition) is 7. The Morgan fingerprint density at radius 1 is 0.979 bits per heavy atom. The van der Waals surface area contributed by atoms with Gasteiger partial charge in [0.15, 0.2) is 0 Å². The molecule has 2 aliphatic rings. The average Bonchev–Trinajstić information content (AvgIpc) is 3.69. The van der Waals surface area contributed by atoms with E-state index in [1.807, 2.05) is 42.5 Å². The van der Waals surface area contributed by atoms with Gasteiger partial charge < -0.3 is 34.7 Å². The molecule has 0 bridgehead atoms. The molecule has 0 spiro atoms. The maximum absolute atomic E-state index is 14.1. The minimum atomic E-state index is -0.675. The minimum Gasteiger partial charge on any atom is -0.461 e. The van der Waals surface area contributed by atoms with E-state index in [4.69, 9.17) is 19.9 Å². The standard InChI is InChI=1S/C36H47FN4O6/c1-40-31-14-13-28(21-27(31)22-32(40)36(44)47-18-6-17-46-20-19-45-2)39-34(42)33-29(24-7-4-3-5-8-24)15-16-41(33)35(43)26-11-9-25(10-12-26)30(38)23-37/h3-5,7-8,13-14,21-22,25-26,29-30,33H,6,9-12,15-20,23,38H2,1-2H3,(H,39,42)/t25?,26?,29-,30-,33+/m1/s1. The van der Waals surface area contributed by atoms with E-state index in [1.54, 1.807) is 35.8 Å². The largest absolute Gasteiger partial charge is 0.461 e. The lowest BCUT2D eigenvalue weighted by molar-refractivity contribution is -0.141. The molecule has 2 fully saturated rings. The molecule has 0 unspecified atom stereocenters. The number of nitrogens with two attached hydrogens (primary N) is 1. The third kappa shape index (κ3) is 8.20. The summed E-state index contributed by atoms with van der Waals surface area (Å²) >= 11 is 0. The van der Waals surface area contributed by atoms with E-state index in [9.17, 15) is 18.8 Å². The molecule has 11 heteroatoms. The molecule has 47 heavy (non-hydrogen) atoms. The van der Waals surface area contributed by atoms with Crippen molar-refractivity contribution in [2.24, 2.45) is 24.6 Å². The molecule has 5 rings (SSSR count). The molecule has 1 aromatic heterocycles. The van der Waals surface area contributed by atoms with E-state index in [2.05, 4.69) is 5.32 Å². The number of aryl methyl sites for hydroxylation is 1. The highest BCUT2D eigenvalue weighted by molar-refractivity contribution is 6.01. The summed E-state index contributed by atoms with van der Waals surface area (Å²) in [5, 5.41) is 3.85. The van der Waals surface area contributed by atoms with Gasteiger partial charge in [-0.1, -0.05) is 30.3 Å². The lowest BCUT2D eigenvalue weighted by Crippen LogP contribution is -2.48. The van der Waals surface area contributed by atoms with Gasteiger partial charge in [-0.2, -0.15) is 0 Å². The van der Waals surface area contributed by atoms with E-state index in [1.165, 1.54) is 0 Å². The molecule has 1 aliphatic carbocycles. The summed E-state index contributed by atoms with van der Waals surface area (Å²) in [6.07, 6.45) is 3.98. The molecule has 1 aliphatic heterocycles. The number of carbonyl (C=O) groups is 3. The smallest absolute Gasteiger partial charge is 0.354 e. The molecule has 0 radical (unpaired) electrons. The summed E-state index contributed by atoms with van der Waals surface area (Å²) in [5.74, 6) is -0.967. The van der Waals surface area contributed by atoms with Gasteiger partial charge in [0.1, 0.15) is 18.4 Å². The van der Waals surface area contributed by atoms with Crippen LogP contribution in [0.4, 0.5) is 10.1 Å². The zero-order valence-corrected chi connectivity index (χ0v) is 27.4. The maximum Gasteiger partial charge on any atom is 0.354 e. The predicted molar refractivity (Wildman–Crippen MR) is 178 cm³/mol. The van der Waals surface area contributed by atoms with Gasteiger partial charge in [0.2, 0.25) is 11.8 Å². The Morgan fingerprint density at radius 2 is 1.74 bits per heavy atom. The molecule has 2 heterocycles. The van der Waals surface area contributed by atoms with E-state index in [-0.39, 0.29) is 36.2 Å². The second-order valence-corrected chi connectivity index (χ2v) is 12.7. The molecular formula is C36H47FN4O6. The van der Waals surface area contributed by atoms with Crippen LogP contribution in [0.3, 0.4) is 0 Å². The van der Waals surface area contributed by atoms with Crippen molar-refractivity contribution in [3.63, 3.8) is 0 Å². The van der Waals surface area contributed by atoms with Crippen LogP contribution in [-0.4, -0.2) is 86.1 Å². The highest BCUT2D eigenvalue weighted by Crippen LogP contribution is 2.38. The van der Waals surface area contributed by atoms with Gasteiger partial charge in [0.25, 0.3) is 0 Å². The number of rotatable bonds is 14. The Hall–Kier alpha value is -3.80. The fourth-order valence-electron chi connectivity index (χ4n) is 7.05. The molecule has 254 valence electrons. The predicted octanol–water partition coefficient (Wildman–Crippen LogP) is 4.81. The monoisotopic (exact) mass is 650 g/mol.